The second-order valence-electron chi connectivity index (χ2n) is 4.19. The molecule has 19 heavy (non-hydrogen) atoms. The summed E-state index contributed by atoms with van der Waals surface area (Å²) in [5, 5.41) is 0.661. The fourth-order valence-electron chi connectivity index (χ4n) is 2.07. The Bertz CT molecular complexity index is 664. The minimum Gasteiger partial charge on any atom is -0.382 e. The lowest BCUT2D eigenvalue weighted by atomic mass is 10.2. The van der Waals surface area contributed by atoms with Crippen LogP contribution in [0.2, 0.25) is 0 Å². The molecule has 0 atom stereocenters. The third-order valence-electron chi connectivity index (χ3n) is 2.91. The molecule has 2 rings (SSSR count). The molecule has 0 saturated carbocycles. The number of ether oxygens (including phenoxy) is 1. The van der Waals surface area contributed by atoms with Crippen LogP contribution in [-0.4, -0.2) is 26.2 Å². The zero-order chi connectivity index (χ0) is 13.9. The Hall–Kier alpha value is -1.04. The number of hydrogen-bond acceptors (Lipinski definition) is 3. The molecule has 0 unspecified atom stereocenters. The first-order valence-corrected chi connectivity index (χ1v) is 8.45. The first-order chi connectivity index (χ1) is 9.04. The van der Waals surface area contributed by atoms with Gasteiger partial charge in [-0.3, -0.25) is 0 Å². The lowest BCUT2D eigenvalue weighted by molar-refractivity contribution is 0.142. The van der Waals surface area contributed by atoms with Crippen LogP contribution in [0.3, 0.4) is 0 Å². The number of aromatic nitrogens is 1. The Morgan fingerprint density at radius 1 is 1.32 bits per heavy atom. The third kappa shape index (κ3) is 3.29. The maximum atomic E-state index is 11.6. The molecule has 0 aliphatic rings. The zero-order valence-corrected chi connectivity index (χ0v) is 12.2. The number of aryl methyl sites for hydroxylation is 1. The summed E-state index contributed by atoms with van der Waals surface area (Å²) in [6, 6.07) is 7.34. The fourth-order valence-corrected chi connectivity index (χ4v) is 3.13. The van der Waals surface area contributed by atoms with Gasteiger partial charge in [0.2, 0.25) is 0 Å². The Balaban J connectivity index is 2.34. The topological polar surface area (TPSA) is 48.3 Å². The summed E-state index contributed by atoms with van der Waals surface area (Å²) >= 11 is 0. The van der Waals surface area contributed by atoms with E-state index in [1.165, 1.54) is 0 Å². The van der Waals surface area contributed by atoms with Crippen molar-refractivity contribution in [3.05, 3.63) is 30.5 Å². The summed E-state index contributed by atoms with van der Waals surface area (Å²) in [4.78, 5) is 0.168. The molecule has 1 aromatic heterocycles. The van der Waals surface area contributed by atoms with Crippen LogP contribution in [0.1, 0.15) is 13.3 Å². The van der Waals surface area contributed by atoms with Gasteiger partial charge >= 0.3 is 0 Å². The van der Waals surface area contributed by atoms with E-state index in [9.17, 15) is 8.42 Å². The van der Waals surface area contributed by atoms with E-state index in [2.05, 4.69) is 0 Å². The molecular weight excluding hydrogens is 286 g/mol. The van der Waals surface area contributed by atoms with Crippen LogP contribution in [-0.2, 0) is 20.3 Å². The molecule has 4 nitrogen and oxygen atoms in total. The van der Waals surface area contributed by atoms with Gasteiger partial charge in [0.25, 0.3) is 9.05 Å². The first-order valence-electron chi connectivity index (χ1n) is 6.14. The molecule has 2 aromatic rings. The number of nitrogens with zero attached hydrogens (tertiary/aromatic N) is 1. The van der Waals surface area contributed by atoms with Crippen LogP contribution in [0.15, 0.2) is 35.4 Å². The van der Waals surface area contributed by atoms with Gasteiger partial charge in [-0.25, -0.2) is 8.42 Å². The molecule has 104 valence electrons. The molecule has 0 bridgehead atoms. The normalized spacial score (nSPS) is 12.1. The minimum atomic E-state index is -3.72. The second kappa shape index (κ2) is 5.94. The van der Waals surface area contributed by atoms with Crippen molar-refractivity contribution in [1.82, 2.24) is 4.57 Å². The highest BCUT2D eigenvalue weighted by Crippen LogP contribution is 2.27. The van der Waals surface area contributed by atoms with Crippen molar-refractivity contribution in [3.8, 4) is 0 Å². The SMILES string of the molecule is CCOCCCn1cc(S(=O)(=O)Cl)c2ccccc21. The highest BCUT2D eigenvalue weighted by atomic mass is 35.7. The summed E-state index contributed by atoms with van der Waals surface area (Å²) in [7, 11) is 1.75. The van der Waals surface area contributed by atoms with Gasteiger partial charge in [0.15, 0.2) is 0 Å². The van der Waals surface area contributed by atoms with Crippen molar-refractivity contribution < 1.29 is 13.2 Å². The maximum Gasteiger partial charge on any atom is 0.263 e. The fraction of sp³-hybridized carbons (Fsp3) is 0.385. The zero-order valence-electron chi connectivity index (χ0n) is 10.7. The summed E-state index contributed by atoms with van der Waals surface area (Å²) in [6.07, 6.45) is 2.42. The summed E-state index contributed by atoms with van der Waals surface area (Å²) in [6.45, 7) is 4.00. The Labute approximate surface area is 117 Å². The van der Waals surface area contributed by atoms with Crippen molar-refractivity contribution >= 4 is 30.6 Å². The monoisotopic (exact) mass is 301 g/mol. The van der Waals surface area contributed by atoms with E-state index in [1.807, 2.05) is 23.6 Å². The molecule has 0 spiro atoms. The van der Waals surface area contributed by atoms with E-state index in [0.717, 1.165) is 11.9 Å². The molecule has 0 saturated heterocycles. The molecule has 1 heterocycles. The average molecular weight is 302 g/mol. The lowest BCUT2D eigenvalue weighted by Crippen LogP contribution is -2.01. The maximum absolute atomic E-state index is 11.6. The number of benzene rings is 1. The summed E-state index contributed by atoms with van der Waals surface area (Å²) in [5.41, 5.74) is 0.873. The van der Waals surface area contributed by atoms with Crippen LogP contribution >= 0.6 is 10.7 Å². The Morgan fingerprint density at radius 3 is 2.74 bits per heavy atom. The van der Waals surface area contributed by atoms with Gasteiger partial charge in [0.1, 0.15) is 4.90 Å². The van der Waals surface area contributed by atoms with Gasteiger partial charge < -0.3 is 9.30 Å². The van der Waals surface area contributed by atoms with E-state index < -0.39 is 9.05 Å². The highest BCUT2D eigenvalue weighted by molar-refractivity contribution is 8.14. The predicted molar refractivity (Wildman–Crippen MR) is 76.1 cm³/mol. The van der Waals surface area contributed by atoms with Crippen LogP contribution in [0, 0.1) is 0 Å². The second-order valence-corrected chi connectivity index (χ2v) is 6.73. The standard InChI is InChI=1S/C13H16ClNO3S/c1-2-18-9-5-8-15-10-13(19(14,16)17)11-6-3-4-7-12(11)15/h3-4,6-7,10H,2,5,8-9H2,1H3. The first kappa shape index (κ1) is 14.4. The molecule has 0 amide bonds. The van der Waals surface area contributed by atoms with Gasteiger partial charge in [-0.05, 0) is 19.4 Å². The quantitative estimate of drug-likeness (QED) is 0.609. The van der Waals surface area contributed by atoms with Gasteiger partial charge in [-0.1, -0.05) is 18.2 Å². The Kier molecular flexibility index (Phi) is 4.50. The van der Waals surface area contributed by atoms with E-state index in [0.29, 0.717) is 25.1 Å². The predicted octanol–water partition coefficient (Wildman–Crippen LogP) is 3.00. The number of rotatable bonds is 6. The summed E-state index contributed by atoms with van der Waals surface area (Å²) < 4.78 is 30.3. The molecular formula is C13H16ClNO3S. The van der Waals surface area contributed by atoms with Crippen molar-refractivity contribution in [2.45, 2.75) is 24.8 Å². The van der Waals surface area contributed by atoms with Crippen LogP contribution in [0.4, 0.5) is 0 Å². The minimum absolute atomic E-state index is 0.168. The third-order valence-corrected chi connectivity index (χ3v) is 4.26. The van der Waals surface area contributed by atoms with E-state index in [-0.39, 0.29) is 4.90 Å². The number of para-hydroxylation sites is 1. The number of fused-ring (bicyclic) bond motifs is 1. The number of hydrogen-bond donors (Lipinski definition) is 0. The van der Waals surface area contributed by atoms with Gasteiger partial charge in [0, 0.05) is 47.5 Å². The average Bonchev–Trinajstić information content (AvgIpc) is 2.74. The largest absolute Gasteiger partial charge is 0.382 e. The summed E-state index contributed by atoms with van der Waals surface area (Å²) in [5.74, 6) is 0. The lowest BCUT2D eigenvalue weighted by Gasteiger charge is -2.05. The molecule has 0 radical (unpaired) electrons. The molecule has 0 aliphatic carbocycles. The molecule has 0 N–H and O–H groups in total. The Morgan fingerprint density at radius 2 is 2.05 bits per heavy atom. The highest BCUT2D eigenvalue weighted by Gasteiger charge is 2.18. The number of halogens is 1. The van der Waals surface area contributed by atoms with Crippen molar-refractivity contribution in [2.24, 2.45) is 0 Å². The van der Waals surface area contributed by atoms with Gasteiger partial charge in [-0.15, -0.1) is 0 Å². The van der Waals surface area contributed by atoms with E-state index in [4.69, 9.17) is 15.4 Å². The van der Waals surface area contributed by atoms with Crippen molar-refractivity contribution in [3.63, 3.8) is 0 Å². The van der Waals surface area contributed by atoms with Crippen LogP contribution < -0.4 is 0 Å². The molecule has 1 aromatic carbocycles. The molecule has 6 heteroatoms. The molecule has 0 fully saturated rings. The van der Waals surface area contributed by atoms with E-state index in [1.54, 1.807) is 18.3 Å². The van der Waals surface area contributed by atoms with E-state index >= 15 is 0 Å². The molecule has 0 aliphatic heterocycles. The van der Waals surface area contributed by atoms with Gasteiger partial charge in [0.05, 0.1) is 0 Å². The smallest absolute Gasteiger partial charge is 0.263 e. The van der Waals surface area contributed by atoms with Crippen molar-refractivity contribution in [1.29, 1.82) is 0 Å². The van der Waals surface area contributed by atoms with Gasteiger partial charge in [-0.2, -0.15) is 0 Å². The van der Waals surface area contributed by atoms with Crippen molar-refractivity contribution in [2.75, 3.05) is 13.2 Å². The van der Waals surface area contributed by atoms with Crippen LogP contribution in [0.25, 0.3) is 10.9 Å². The van der Waals surface area contributed by atoms with Crippen LogP contribution in [0.5, 0.6) is 0 Å².